The molecular weight excluding hydrogens is 422 g/mol. The number of hydrogen-bond donors (Lipinski definition) is 2. The Bertz CT molecular complexity index is 1100. The van der Waals surface area contributed by atoms with E-state index < -0.39 is 5.91 Å². The molecule has 0 saturated carbocycles. The van der Waals surface area contributed by atoms with Crippen LogP contribution in [0.4, 0.5) is 5.82 Å². The van der Waals surface area contributed by atoms with E-state index in [4.69, 9.17) is 10.4 Å². The van der Waals surface area contributed by atoms with Gasteiger partial charge in [-0.25, -0.2) is 10.1 Å². The summed E-state index contributed by atoms with van der Waals surface area (Å²) in [6.07, 6.45) is 5.47. The first-order chi connectivity index (χ1) is 16.0. The second-order valence-electron chi connectivity index (χ2n) is 7.54. The van der Waals surface area contributed by atoms with E-state index in [0.717, 1.165) is 37.1 Å². The number of hydrazone groups is 1. The third kappa shape index (κ3) is 6.32. The normalized spacial score (nSPS) is 12.1. The monoisotopic (exact) mass is 451 g/mol. The highest BCUT2D eigenvalue weighted by Gasteiger charge is 2.25. The fourth-order valence-electron chi connectivity index (χ4n) is 3.34. The van der Waals surface area contributed by atoms with Gasteiger partial charge in [-0.2, -0.15) is 9.78 Å². The lowest BCUT2D eigenvalue weighted by atomic mass is 10.1. The van der Waals surface area contributed by atoms with E-state index in [-0.39, 0.29) is 17.3 Å². The number of anilines is 1. The Morgan fingerprint density at radius 1 is 1.21 bits per heavy atom. The number of hydrogen-bond acceptors (Lipinski definition) is 9. The van der Waals surface area contributed by atoms with Crippen molar-refractivity contribution in [1.29, 1.82) is 0 Å². The Hall–Kier alpha value is -3.86. The lowest BCUT2D eigenvalue weighted by molar-refractivity contribution is 0.0947. The maximum Gasteiger partial charge on any atom is 0.293 e. The van der Waals surface area contributed by atoms with E-state index in [9.17, 15) is 4.79 Å². The zero-order chi connectivity index (χ0) is 23.6. The molecule has 3 aromatic rings. The first-order valence-electron chi connectivity index (χ1n) is 10.9. The Kier molecular flexibility index (Phi) is 8.42. The molecule has 0 aliphatic rings. The van der Waals surface area contributed by atoms with E-state index >= 15 is 0 Å². The van der Waals surface area contributed by atoms with E-state index in [2.05, 4.69) is 49.9 Å². The fourth-order valence-corrected chi connectivity index (χ4v) is 3.34. The van der Waals surface area contributed by atoms with E-state index in [1.165, 1.54) is 4.68 Å². The van der Waals surface area contributed by atoms with Gasteiger partial charge in [0.25, 0.3) is 5.91 Å². The van der Waals surface area contributed by atoms with Crippen LogP contribution >= 0.6 is 0 Å². The largest absolute Gasteiger partial charge is 0.378 e. The van der Waals surface area contributed by atoms with E-state index in [0.29, 0.717) is 12.2 Å². The lowest BCUT2D eigenvalue weighted by Crippen LogP contribution is -2.28. The highest BCUT2D eigenvalue weighted by Crippen LogP contribution is 2.18. The maximum atomic E-state index is 12.9. The molecule has 0 atom stereocenters. The van der Waals surface area contributed by atoms with Gasteiger partial charge in [-0.3, -0.25) is 9.69 Å². The summed E-state index contributed by atoms with van der Waals surface area (Å²) >= 11 is 0. The molecule has 0 bridgehead atoms. The number of nitrogens with two attached hydrogens (primary N) is 1. The molecule has 2 heterocycles. The molecule has 3 rings (SSSR count). The van der Waals surface area contributed by atoms with Gasteiger partial charge in [0.2, 0.25) is 11.6 Å². The number of carbonyl (C=O) groups excluding carboxylic acids is 1. The summed E-state index contributed by atoms with van der Waals surface area (Å²) in [5, 5.41) is 19.6. The number of amides is 1. The summed E-state index contributed by atoms with van der Waals surface area (Å²) in [5.41, 5.74) is 11.0. The minimum absolute atomic E-state index is 0.0605. The van der Waals surface area contributed by atoms with Gasteiger partial charge >= 0.3 is 0 Å². The highest BCUT2D eigenvalue weighted by atomic mass is 16.6. The molecule has 1 aromatic carbocycles. The Labute approximate surface area is 192 Å². The van der Waals surface area contributed by atoms with Crippen LogP contribution in [-0.4, -0.2) is 55.4 Å². The van der Waals surface area contributed by atoms with Crippen LogP contribution in [0.25, 0.3) is 11.9 Å². The molecule has 0 saturated heterocycles. The molecule has 11 heteroatoms. The molecule has 174 valence electrons. The van der Waals surface area contributed by atoms with Crippen molar-refractivity contribution in [3.8, 4) is 5.82 Å². The second kappa shape index (κ2) is 11.7. The van der Waals surface area contributed by atoms with Crippen molar-refractivity contribution < 1.29 is 9.42 Å². The van der Waals surface area contributed by atoms with Gasteiger partial charge in [0.05, 0.1) is 11.9 Å². The molecule has 0 aliphatic carbocycles. The predicted octanol–water partition coefficient (Wildman–Crippen LogP) is 2.67. The van der Waals surface area contributed by atoms with Gasteiger partial charge in [-0.1, -0.05) is 55.5 Å². The quantitative estimate of drug-likeness (QED) is 0.335. The lowest BCUT2D eigenvalue weighted by Gasteiger charge is -2.21. The standard InChI is InChI=1S/C22H29N9O2/c1-4-11-30(12-5-2)15-18-19(25-29-31(18)21-20(23)27-33-28-21)22(32)26-24-14-16(3)13-17-9-7-6-8-10-17/h6-10,13-14H,4-5,11-12,15H2,1-3H3,(H2,23,27)(H,26,32)/b16-13-,24-14-. The van der Waals surface area contributed by atoms with Crippen LogP contribution in [0.15, 0.2) is 45.6 Å². The minimum atomic E-state index is -0.483. The van der Waals surface area contributed by atoms with E-state index in [1.807, 2.05) is 43.3 Å². The molecule has 1 amide bonds. The molecule has 0 fully saturated rings. The summed E-state index contributed by atoms with van der Waals surface area (Å²) in [4.78, 5) is 15.1. The van der Waals surface area contributed by atoms with Gasteiger partial charge in [-0.05, 0) is 54.3 Å². The van der Waals surface area contributed by atoms with Crippen LogP contribution < -0.4 is 11.2 Å². The number of carbonyl (C=O) groups is 1. The maximum absolute atomic E-state index is 12.9. The number of aromatic nitrogens is 5. The second-order valence-corrected chi connectivity index (χ2v) is 7.54. The molecular formula is C22H29N9O2. The van der Waals surface area contributed by atoms with Crippen LogP contribution in [0.1, 0.15) is 55.4 Å². The Morgan fingerprint density at radius 2 is 1.94 bits per heavy atom. The third-order valence-corrected chi connectivity index (χ3v) is 4.76. The minimum Gasteiger partial charge on any atom is -0.378 e. The number of nitrogens with one attached hydrogen (secondary N) is 1. The van der Waals surface area contributed by atoms with Gasteiger partial charge in [0.15, 0.2) is 5.69 Å². The Balaban J connectivity index is 1.82. The number of benzene rings is 1. The van der Waals surface area contributed by atoms with Crippen molar-refractivity contribution in [2.75, 3.05) is 18.8 Å². The SMILES string of the molecule is CCCN(CCC)Cc1c(C(=O)N/N=C\C(C)=C/c2ccccc2)nnn1-c1nonc1N. The summed E-state index contributed by atoms with van der Waals surface area (Å²) < 4.78 is 6.10. The van der Waals surface area contributed by atoms with Crippen molar-refractivity contribution in [3.05, 3.63) is 52.9 Å². The van der Waals surface area contributed by atoms with Gasteiger partial charge in [-0.15, -0.1) is 5.10 Å². The zero-order valence-corrected chi connectivity index (χ0v) is 19.1. The molecule has 3 N–H and O–H groups in total. The number of allylic oxidation sites excluding steroid dienone is 1. The van der Waals surface area contributed by atoms with Gasteiger partial charge in [0.1, 0.15) is 0 Å². The molecule has 0 unspecified atom stereocenters. The van der Waals surface area contributed by atoms with Crippen LogP contribution in [0.5, 0.6) is 0 Å². The first-order valence-corrected chi connectivity index (χ1v) is 10.9. The topological polar surface area (TPSA) is 140 Å². The number of nitrogen functional groups attached to an aromatic ring is 1. The molecule has 33 heavy (non-hydrogen) atoms. The number of rotatable bonds is 11. The predicted molar refractivity (Wildman–Crippen MR) is 126 cm³/mol. The first kappa shape index (κ1) is 23.8. The molecule has 2 aromatic heterocycles. The van der Waals surface area contributed by atoms with Crippen molar-refractivity contribution in [2.24, 2.45) is 5.10 Å². The summed E-state index contributed by atoms with van der Waals surface area (Å²) in [7, 11) is 0. The zero-order valence-electron chi connectivity index (χ0n) is 19.1. The van der Waals surface area contributed by atoms with Gasteiger partial charge < -0.3 is 5.73 Å². The summed E-state index contributed by atoms with van der Waals surface area (Å²) in [6.45, 7) is 8.25. The third-order valence-electron chi connectivity index (χ3n) is 4.76. The average Bonchev–Trinajstić information content (AvgIpc) is 3.40. The van der Waals surface area contributed by atoms with Crippen LogP contribution in [0.3, 0.4) is 0 Å². The van der Waals surface area contributed by atoms with Crippen molar-refractivity contribution in [2.45, 2.75) is 40.2 Å². The molecule has 0 aliphatic heterocycles. The fraction of sp³-hybridized carbons (Fsp3) is 0.364. The van der Waals surface area contributed by atoms with Crippen molar-refractivity contribution in [1.82, 2.24) is 35.6 Å². The summed E-state index contributed by atoms with van der Waals surface area (Å²) in [5.74, 6) is -0.233. The summed E-state index contributed by atoms with van der Waals surface area (Å²) in [6, 6.07) is 9.85. The average molecular weight is 452 g/mol. The van der Waals surface area contributed by atoms with Crippen molar-refractivity contribution in [3.63, 3.8) is 0 Å². The molecule has 0 radical (unpaired) electrons. The van der Waals surface area contributed by atoms with Crippen molar-refractivity contribution >= 4 is 24.0 Å². The Morgan fingerprint density at radius 3 is 2.58 bits per heavy atom. The molecule has 0 spiro atoms. The number of nitrogens with zero attached hydrogens (tertiary/aromatic N) is 7. The van der Waals surface area contributed by atoms with Crippen LogP contribution in [0, 0.1) is 0 Å². The highest BCUT2D eigenvalue weighted by molar-refractivity contribution is 5.94. The van der Waals surface area contributed by atoms with Crippen LogP contribution in [-0.2, 0) is 6.54 Å². The van der Waals surface area contributed by atoms with Crippen LogP contribution in [0.2, 0.25) is 0 Å². The smallest absolute Gasteiger partial charge is 0.293 e. The van der Waals surface area contributed by atoms with E-state index in [1.54, 1.807) is 6.21 Å². The molecule has 11 nitrogen and oxygen atoms in total. The van der Waals surface area contributed by atoms with Gasteiger partial charge in [0, 0.05) is 6.54 Å².